The molecule has 3 rings (SSSR count). The molecule has 3 aromatic rings. The zero-order chi connectivity index (χ0) is 21.5. The van der Waals surface area contributed by atoms with E-state index in [1.165, 1.54) is 11.8 Å². The molecule has 1 N–H and O–H groups in total. The van der Waals surface area contributed by atoms with Gasteiger partial charge in [-0.3, -0.25) is 4.79 Å². The molecule has 30 heavy (non-hydrogen) atoms. The Morgan fingerprint density at radius 1 is 1.13 bits per heavy atom. The van der Waals surface area contributed by atoms with Gasteiger partial charge in [-0.15, -0.1) is 10.2 Å². The number of aryl methyl sites for hydroxylation is 2. The maximum Gasteiger partial charge on any atom is 0.230 e. The van der Waals surface area contributed by atoms with Crippen LogP contribution in [0.3, 0.4) is 0 Å². The molecule has 1 aromatic heterocycles. The molecule has 0 aliphatic heterocycles. The molecule has 1 heterocycles. The minimum Gasteiger partial charge on any atom is -0.486 e. The summed E-state index contributed by atoms with van der Waals surface area (Å²) >= 11 is 7.24. The van der Waals surface area contributed by atoms with Crippen LogP contribution in [0, 0.1) is 13.8 Å². The van der Waals surface area contributed by atoms with Crippen LogP contribution in [0.1, 0.15) is 29.4 Å². The minimum absolute atomic E-state index is 0.0614. The second-order valence-corrected chi connectivity index (χ2v) is 8.33. The Kier molecular flexibility index (Phi) is 7.76. The number of nitrogens with one attached hydrogen (secondary N) is 1. The Bertz CT molecular complexity index is 985. The number of nitrogens with zero attached hydrogens (tertiary/aromatic N) is 3. The summed E-state index contributed by atoms with van der Waals surface area (Å²) in [5, 5.41) is 12.8. The molecule has 0 bridgehead atoms. The van der Waals surface area contributed by atoms with Gasteiger partial charge in [0.2, 0.25) is 5.91 Å². The van der Waals surface area contributed by atoms with Gasteiger partial charge in [0.05, 0.1) is 5.75 Å². The van der Waals surface area contributed by atoms with Crippen LogP contribution in [0.25, 0.3) is 0 Å². The third-order valence-electron chi connectivity index (χ3n) is 4.41. The SMILES string of the molecule is CCn1c(COc2cc(C)cc(C)c2)nnc1SCC(=O)NCc1ccc(Cl)cc1. The van der Waals surface area contributed by atoms with E-state index >= 15 is 0 Å². The third kappa shape index (κ3) is 6.24. The first kappa shape index (κ1) is 22.2. The molecule has 2 aromatic carbocycles. The first-order valence-corrected chi connectivity index (χ1v) is 11.1. The lowest BCUT2D eigenvalue weighted by Gasteiger charge is -2.10. The van der Waals surface area contributed by atoms with Crippen molar-refractivity contribution in [2.75, 3.05) is 5.75 Å². The summed E-state index contributed by atoms with van der Waals surface area (Å²) in [4.78, 5) is 12.2. The predicted molar refractivity (Wildman–Crippen MR) is 120 cm³/mol. The van der Waals surface area contributed by atoms with Crippen molar-refractivity contribution in [3.8, 4) is 5.75 Å². The molecule has 0 unspecified atom stereocenters. The summed E-state index contributed by atoms with van der Waals surface area (Å²) in [7, 11) is 0. The molecule has 0 saturated heterocycles. The Morgan fingerprint density at radius 2 is 1.83 bits per heavy atom. The van der Waals surface area contributed by atoms with Gasteiger partial charge in [-0.25, -0.2) is 0 Å². The van der Waals surface area contributed by atoms with Crippen LogP contribution in [0.4, 0.5) is 0 Å². The average Bonchev–Trinajstić information content (AvgIpc) is 3.11. The molecular weight excluding hydrogens is 420 g/mol. The molecule has 0 saturated carbocycles. The molecule has 0 spiro atoms. The number of hydrogen-bond acceptors (Lipinski definition) is 5. The first-order valence-electron chi connectivity index (χ1n) is 9.71. The predicted octanol–water partition coefficient (Wildman–Crippen LogP) is 4.56. The summed E-state index contributed by atoms with van der Waals surface area (Å²) < 4.78 is 7.88. The van der Waals surface area contributed by atoms with Gasteiger partial charge in [-0.05, 0) is 61.7 Å². The molecule has 6 nitrogen and oxygen atoms in total. The van der Waals surface area contributed by atoms with Crippen LogP contribution in [-0.2, 0) is 24.5 Å². The number of amides is 1. The number of carbonyl (C=O) groups is 1. The third-order valence-corrected chi connectivity index (χ3v) is 5.63. The molecule has 0 atom stereocenters. The van der Waals surface area contributed by atoms with Crippen LogP contribution in [-0.4, -0.2) is 26.4 Å². The lowest BCUT2D eigenvalue weighted by molar-refractivity contribution is -0.118. The van der Waals surface area contributed by atoms with Crippen molar-refractivity contribution < 1.29 is 9.53 Å². The molecule has 158 valence electrons. The number of carbonyl (C=O) groups excluding carboxylic acids is 1. The zero-order valence-corrected chi connectivity index (χ0v) is 18.9. The monoisotopic (exact) mass is 444 g/mol. The van der Waals surface area contributed by atoms with E-state index in [1.54, 1.807) is 0 Å². The van der Waals surface area contributed by atoms with E-state index < -0.39 is 0 Å². The molecule has 0 radical (unpaired) electrons. The zero-order valence-electron chi connectivity index (χ0n) is 17.3. The van der Waals surface area contributed by atoms with E-state index in [9.17, 15) is 4.79 Å². The van der Waals surface area contributed by atoms with Gasteiger partial charge in [0.1, 0.15) is 12.4 Å². The Morgan fingerprint density at radius 3 is 2.50 bits per heavy atom. The highest BCUT2D eigenvalue weighted by Gasteiger charge is 2.14. The number of ether oxygens (including phenoxy) is 1. The maximum absolute atomic E-state index is 12.2. The minimum atomic E-state index is -0.0614. The van der Waals surface area contributed by atoms with E-state index in [-0.39, 0.29) is 11.7 Å². The normalized spacial score (nSPS) is 10.8. The largest absolute Gasteiger partial charge is 0.486 e. The fraction of sp³-hybridized carbons (Fsp3) is 0.318. The van der Waals surface area contributed by atoms with Crippen LogP contribution in [0.15, 0.2) is 47.6 Å². The lowest BCUT2D eigenvalue weighted by atomic mass is 10.1. The number of benzene rings is 2. The highest BCUT2D eigenvalue weighted by Crippen LogP contribution is 2.20. The van der Waals surface area contributed by atoms with Crippen molar-refractivity contribution in [1.29, 1.82) is 0 Å². The number of aromatic nitrogens is 3. The second kappa shape index (κ2) is 10.5. The maximum atomic E-state index is 12.2. The van der Waals surface area contributed by atoms with E-state index in [4.69, 9.17) is 16.3 Å². The number of halogens is 1. The van der Waals surface area contributed by atoms with Crippen LogP contribution in [0.2, 0.25) is 5.02 Å². The summed E-state index contributed by atoms with van der Waals surface area (Å²) in [6.07, 6.45) is 0. The molecule has 0 fully saturated rings. The Balaban J connectivity index is 1.53. The van der Waals surface area contributed by atoms with Crippen molar-refractivity contribution in [1.82, 2.24) is 20.1 Å². The van der Waals surface area contributed by atoms with Crippen LogP contribution in [0.5, 0.6) is 5.75 Å². The van der Waals surface area contributed by atoms with E-state index in [0.717, 1.165) is 28.3 Å². The van der Waals surface area contributed by atoms with Gasteiger partial charge in [-0.2, -0.15) is 0 Å². The van der Waals surface area contributed by atoms with Crippen molar-refractivity contribution in [3.63, 3.8) is 0 Å². The van der Waals surface area contributed by atoms with Crippen molar-refractivity contribution in [2.45, 2.75) is 45.6 Å². The molecule has 0 aliphatic carbocycles. The number of hydrogen-bond donors (Lipinski definition) is 1. The Labute approximate surface area is 186 Å². The van der Waals surface area contributed by atoms with Crippen molar-refractivity contribution in [2.24, 2.45) is 0 Å². The highest BCUT2D eigenvalue weighted by molar-refractivity contribution is 7.99. The first-order chi connectivity index (χ1) is 14.4. The topological polar surface area (TPSA) is 69.0 Å². The highest BCUT2D eigenvalue weighted by atomic mass is 35.5. The van der Waals surface area contributed by atoms with Crippen LogP contribution >= 0.6 is 23.4 Å². The van der Waals surface area contributed by atoms with E-state index in [2.05, 4.69) is 21.6 Å². The van der Waals surface area contributed by atoms with Gasteiger partial charge in [0, 0.05) is 18.1 Å². The summed E-state index contributed by atoms with van der Waals surface area (Å²) in [6.45, 7) is 7.60. The molecular formula is C22H25ClN4O2S. The molecule has 0 aliphatic rings. The summed E-state index contributed by atoms with van der Waals surface area (Å²) in [5.41, 5.74) is 3.31. The number of thioether (sulfide) groups is 1. The van der Waals surface area contributed by atoms with Gasteiger partial charge in [0.25, 0.3) is 0 Å². The average molecular weight is 445 g/mol. The summed E-state index contributed by atoms with van der Waals surface area (Å²) in [6, 6.07) is 13.5. The Hall–Kier alpha value is -2.51. The van der Waals surface area contributed by atoms with E-state index in [0.29, 0.717) is 29.9 Å². The molecule has 8 heteroatoms. The van der Waals surface area contributed by atoms with Gasteiger partial charge in [-0.1, -0.05) is 41.6 Å². The van der Waals surface area contributed by atoms with Gasteiger partial charge < -0.3 is 14.6 Å². The van der Waals surface area contributed by atoms with Gasteiger partial charge in [0.15, 0.2) is 11.0 Å². The van der Waals surface area contributed by atoms with E-state index in [1.807, 2.05) is 61.7 Å². The fourth-order valence-electron chi connectivity index (χ4n) is 3.00. The fourth-order valence-corrected chi connectivity index (χ4v) is 3.98. The summed E-state index contributed by atoms with van der Waals surface area (Å²) in [5.74, 6) is 1.76. The van der Waals surface area contributed by atoms with Crippen molar-refractivity contribution >= 4 is 29.3 Å². The van der Waals surface area contributed by atoms with Crippen molar-refractivity contribution in [3.05, 3.63) is 70.0 Å². The smallest absolute Gasteiger partial charge is 0.230 e. The standard InChI is InChI=1S/C22H25ClN4O2S/c1-4-27-20(13-29-19-10-15(2)9-16(3)11-19)25-26-22(27)30-14-21(28)24-12-17-5-7-18(23)8-6-17/h5-11H,4,12-14H2,1-3H3,(H,24,28). The van der Waals surface area contributed by atoms with Gasteiger partial charge >= 0.3 is 0 Å². The lowest BCUT2D eigenvalue weighted by Crippen LogP contribution is -2.24. The quantitative estimate of drug-likeness (QED) is 0.490. The second-order valence-electron chi connectivity index (χ2n) is 6.95. The molecule has 1 amide bonds. The number of rotatable bonds is 9. The van der Waals surface area contributed by atoms with Crippen LogP contribution < -0.4 is 10.1 Å².